The molecule has 0 heterocycles. The molecule has 2 nitrogen and oxygen atoms in total. The molecule has 0 aliphatic heterocycles. The topological polar surface area (TPSA) is 20.3 Å². The van der Waals surface area contributed by atoms with E-state index in [4.69, 9.17) is 4.79 Å². The molecule has 0 atom stereocenters. The van der Waals surface area contributed by atoms with Crippen LogP contribution in [0.3, 0.4) is 0 Å². The summed E-state index contributed by atoms with van der Waals surface area (Å²) in [5.74, 6) is 3.24. The van der Waals surface area contributed by atoms with Crippen LogP contribution in [0, 0.1) is 17.8 Å². The number of carbonyl (C=O) groups excluding carboxylic acids is 1. The van der Waals surface area contributed by atoms with Gasteiger partial charge in [-0.1, -0.05) is 52.0 Å². The smallest absolute Gasteiger partial charge is 0.142 e. The van der Waals surface area contributed by atoms with Crippen LogP contribution in [0.25, 0.3) is 0 Å². The minimum atomic E-state index is 0.639. The van der Waals surface area contributed by atoms with Crippen molar-refractivity contribution in [2.45, 2.75) is 90.0 Å². The highest BCUT2D eigenvalue weighted by Gasteiger charge is 2.31. The van der Waals surface area contributed by atoms with Crippen LogP contribution in [0.2, 0.25) is 0 Å². The van der Waals surface area contributed by atoms with E-state index >= 15 is 0 Å². The van der Waals surface area contributed by atoms with Crippen molar-refractivity contribution in [2.75, 3.05) is 14.1 Å². The maximum atomic E-state index is 9.06. The molecule has 0 unspecified atom stereocenters. The molecule has 0 spiro atoms. The molecule has 140 valence electrons. The lowest BCUT2D eigenvalue weighted by Gasteiger charge is -2.39. The van der Waals surface area contributed by atoms with Crippen LogP contribution in [0.15, 0.2) is 12.7 Å². The summed E-state index contributed by atoms with van der Waals surface area (Å²) >= 11 is 0. The van der Waals surface area contributed by atoms with E-state index < -0.39 is 0 Å². The molecule has 0 aromatic carbocycles. The summed E-state index contributed by atoms with van der Waals surface area (Å²) in [5.41, 5.74) is 0. The van der Waals surface area contributed by atoms with Crippen LogP contribution in [0.5, 0.6) is 0 Å². The molecule has 0 saturated heterocycles. The van der Waals surface area contributed by atoms with Gasteiger partial charge in [0.1, 0.15) is 6.29 Å². The molecule has 2 aliphatic rings. The van der Waals surface area contributed by atoms with Crippen molar-refractivity contribution in [1.82, 2.24) is 4.90 Å². The first-order chi connectivity index (χ1) is 11.6. The third-order valence-electron chi connectivity index (χ3n) is 6.34. The van der Waals surface area contributed by atoms with Crippen molar-refractivity contribution >= 4 is 6.29 Å². The van der Waals surface area contributed by atoms with Gasteiger partial charge >= 0.3 is 0 Å². The van der Waals surface area contributed by atoms with Gasteiger partial charge in [-0.15, -0.1) is 0 Å². The molecule has 0 aromatic heterocycles. The lowest BCUT2D eigenvalue weighted by molar-refractivity contribution is -0.104. The van der Waals surface area contributed by atoms with Crippen LogP contribution >= 0.6 is 0 Å². The minimum Gasteiger partial charge on any atom is -0.306 e. The third-order valence-corrected chi connectivity index (χ3v) is 6.34. The number of nitrogens with zero attached hydrogens (tertiary/aromatic N) is 1. The fourth-order valence-electron chi connectivity index (χ4n) is 4.72. The van der Waals surface area contributed by atoms with Crippen molar-refractivity contribution in [1.29, 1.82) is 0 Å². The van der Waals surface area contributed by atoms with Crippen molar-refractivity contribution < 1.29 is 4.79 Å². The summed E-state index contributed by atoms with van der Waals surface area (Å²) in [6, 6.07) is 0.872. The molecule has 0 aromatic rings. The predicted octanol–water partition coefficient (Wildman–Crippen LogP) is 5.86. The second-order valence-corrected chi connectivity index (χ2v) is 8.18. The zero-order valence-corrected chi connectivity index (χ0v) is 16.5. The fraction of sp³-hybridized carbons (Fsp3) is 0.864. The molecule has 0 N–H and O–H groups in total. The Hall–Kier alpha value is -0.630. The maximum Gasteiger partial charge on any atom is 0.142 e. The molecular formula is C22H41NO. The number of unbranched alkanes of at least 4 members (excludes halogenated alkanes) is 2. The Bertz CT molecular complexity index is 317. The van der Waals surface area contributed by atoms with Gasteiger partial charge < -0.3 is 4.90 Å². The van der Waals surface area contributed by atoms with E-state index in [1.807, 2.05) is 0 Å². The van der Waals surface area contributed by atoms with E-state index in [1.165, 1.54) is 57.4 Å². The normalized spacial score (nSPS) is 30.3. The lowest BCUT2D eigenvalue weighted by Crippen LogP contribution is -2.34. The maximum absolute atomic E-state index is 9.06. The second-order valence-electron chi connectivity index (χ2n) is 8.18. The number of aldehydes is 1. The average molecular weight is 336 g/mol. The van der Waals surface area contributed by atoms with Gasteiger partial charge in [-0.05, 0) is 76.5 Å². The van der Waals surface area contributed by atoms with Gasteiger partial charge in [0.25, 0.3) is 0 Å². The average Bonchev–Trinajstić information content (AvgIpc) is 2.63. The summed E-state index contributed by atoms with van der Waals surface area (Å²) in [4.78, 5) is 11.5. The first-order valence-corrected chi connectivity index (χ1v) is 10.3. The Morgan fingerprint density at radius 3 is 1.83 bits per heavy atom. The van der Waals surface area contributed by atoms with Gasteiger partial charge in [0.15, 0.2) is 0 Å². The predicted molar refractivity (Wildman–Crippen MR) is 105 cm³/mol. The highest BCUT2D eigenvalue weighted by atomic mass is 16.1. The van der Waals surface area contributed by atoms with Crippen LogP contribution in [0.4, 0.5) is 0 Å². The van der Waals surface area contributed by atoms with Gasteiger partial charge in [-0.3, -0.25) is 4.79 Å². The molecule has 2 heteroatoms. The fourth-order valence-corrected chi connectivity index (χ4v) is 4.72. The molecular weight excluding hydrogens is 294 g/mol. The van der Waals surface area contributed by atoms with E-state index in [0.717, 1.165) is 23.8 Å². The lowest BCUT2D eigenvalue weighted by atomic mass is 9.69. The molecule has 2 rings (SSSR count). The first kappa shape index (κ1) is 21.4. The largest absolute Gasteiger partial charge is 0.306 e. The summed E-state index contributed by atoms with van der Waals surface area (Å²) in [5, 5.41) is 0. The molecule has 0 bridgehead atoms. The highest BCUT2D eigenvalue weighted by Crippen LogP contribution is 2.41. The molecule has 2 aliphatic carbocycles. The van der Waals surface area contributed by atoms with Crippen molar-refractivity contribution in [3.63, 3.8) is 0 Å². The highest BCUT2D eigenvalue weighted by molar-refractivity contribution is 5.63. The van der Waals surface area contributed by atoms with E-state index in [-0.39, 0.29) is 0 Å². The third kappa shape index (κ3) is 7.96. The SMILES string of the molecule is C=CC=O.CCCCCC1CCC(C2CCC(N(C)C)CC2)CC1. The van der Waals surface area contributed by atoms with Crippen molar-refractivity contribution in [2.24, 2.45) is 17.8 Å². The summed E-state index contributed by atoms with van der Waals surface area (Å²) < 4.78 is 0. The number of hydrogen-bond donors (Lipinski definition) is 0. The van der Waals surface area contributed by atoms with Gasteiger partial charge in [0.05, 0.1) is 0 Å². The van der Waals surface area contributed by atoms with Crippen LogP contribution in [0.1, 0.15) is 84.0 Å². The molecule has 0 amide bonds. The zero-order valence-electron chi connectivity index (χ0n) is 16.5. The Balaban J connectivity index is 0.000000648. The molecule has 2 saturated carbocycles. The van der Waals surface area contributed by atoms with Crippen molar-refractivity contribution in [3.8, 4) is 0 Å². The summed E-state index contributed by atoms with van der Waals surface area (Å²) in [6.45, 7) is 5.43. The second kappa shape index (κ2) is 12.7. The molecule has 24 heavy (non-hydrogen) atoms. The van der Waals surface area contributed by atoms with E-state index in [2.05, 4.69) is 32.5 Å². The summed E-state index contributed by atoms with van der Waals surface area (Å²) in [7, 11) is 4.51. The van der Waals surface area contributed by atoms with Crippen LogP contribution in [-0.4, -0.2) is 31.3 Å². The number of rotatable bonds is 7. The van der Waals surface area contributed by atoms with Crippen LogP contribution < -0.4 is 0 Å². The Kier molecular flexibility index (Phi) is 11.3. The zero-order chi connectivity index (χ0) is 17.8. The Labute approximate surface area is 151 Å². The van der Waals surface area contributed by atoms with Crippen LogP contribution in [-0.2, 0) is 4.79 Å². The number of carbonyl (C=O) groups is 1. The van der Waals surface area contributed by atoms with Gasteiger partial charge in [-0.25, -0.2) is 0 Å². The summed E-state index contributed by atoms with van der Waals surface area (Å²) in [6.07, 6.45) is 19.8. The monoisotopic (exact) mass is 335 g/mol. The minimum absolute atomic E-state index is 0.639. The quantitative estimate of drug-likeness (QED) is 0.330. The van der Waals surface area contributed by atoms with E-state index in [9.17, 15) is 0 Å². The van der Waals surface area contributed by atoms with Gasteiger partial charge in [0, 0.05) is 6.04 Å². The van der Waals surface area contributed by atoms with E-state index in [1.54, 1.807) is 25.7 Å². The van der Waals surface area contributed by atoms with Gasteiger partial charge in [0.2, 0.25) is 0 Å². The number of allylic oxidation sites excluding steroid dienone is 1. The van der Waals surface area contributed by atoms with Crippen molar-refractivity contribution in [3.05, 3.63) is 12.7 Å². The molecule has 2 fully saturated rings. The first-order valence-electron chi connectivity index (χ1n) is 10.3. The van der Waals surface area contributed by atoms with Gasteiger partial charge in [-0.2, -0.15) is 0 Å². The standard InChI is InChI=1S/C19H37N.C3H4O/c1-4-5-6-7-16-8-10-17(11-9-16)18-12-14-19(15-13-18)20(2)3;1-2-3-4/h16-19H,4-15H2,1-3H3;2-3H,1H2. The van der Waals surface area contributed by atoms with E-state index in [0.29, 0.717) is 6.29 Å². The number of hydrogen-bond acceptors (Lipinski definition) is 2. The Morgan fingerprint density at radius 2 is 1.42 bits per heavy atom. The Morgan fingerprint density at radius 1 is 0.917 bits per heavy atom. The molecule has 0 radical (unpaired) electrons.